The first-order valence-corrected chi connectivity index (χ1v) is 11.5. The molecule has 3 heterocycles. The zero-order valence-corrected chi connectivity index (χ0v) is 18.2. The molecular formula is C24H31N3O4. The molecule has 2 saturated heterocycles. The normalized spacial score (nSPS) is 23.1. The van der Waals surface area contributed by atoms with Gasteiger partial charge in [-0.1, -0.05) is 17.3 Å². The molecule has 5 rings (SSSR count). The number of ether oxygens (including phenoxy) is 2. The number of hydrogen-bond donors (Lipinski definition) is 0. The monoisotopic (exact) mass is 425 g/mol. The first-order chi connectivity index (χ1) is 15.1. The largest absolute Gasteiger partial charge is 0.497 e. The van der Waals surface area contributed by atoms with Gasteiger partial charge in [0.1, 0.15) is 5.75 Å². The lowest BCUT2D eigenvalue weighted by atomic mass is 9.78. The molecule has 3 fully saturated rings. The van der Waals surface area contributed by atoms with Crippen LogP contribution in [0.1, 0.15) is 61.7 Å². The van der Waals surface area contributed by atoms with E-state index in [4.69, 9.17) is 14.0 Å². The van der Waals surface area contributed by atoms with Crippen LogP contribution >= 0.6 is 0 Å². The second-order valence-corrected chi connectivity index (χ2v) is 9.32. The third kappa shape index (κ3) is 4.76. The highest BCUT2D eigenvalue weighted by Gasteiger charge is 2.41. The molecule has 2 aromatic rings. The maximum absolute atomic E-state index is 12.8. The number of methoxy groups -OCH3 is 1. The van der Waals surface area contributed by atoms with Crippen LogP contribution < -0.4 is 4.74 Å². The molecule has 7 nitrogen and oxygen atoms in total. The quantitative estimate of drug-likeness (QED) is 0.705. The van der Waals surface area contributed by atoms with E-state index >= 15 is 0 Å². The van der Waals surface area contributed by atoms with Crippen molar-refractivity contribution in [1.29, 1.82) is 0 Å². The Labute approximate surface area is 183 Å². The van der Waals surface area contributed by atoms with Gasteiger partial charge in [0.05, 0.1) is 19.1 Å². The minimum Gasteiger partial charge on any atom is -0.497 e. The Bertz CT molecular complexity index is 915. The number of benzene rings is 1. The van der Waals surface area contributed by atoms with Crippen LogP contribution in [0.5, 0.6) is 5.75 Å². The first kappa shape index (κ1) is 20.5. The van der Waals surface area contributed by atoms with Crippen molar-refractivity contribution in [3.05, 3.63) is 41.5 Å². The molecule has 1 aromatic heterocycles. The predicted molar refractivity (Wildman–Crippen MR) is 114 cm³/mol. The highest BCUT2D eigenvalue weighted by molar-refractivity contribution is 5.79. The van der Waals surface area contributed by atoms with Crippen molar-refractivity contribution in [1.82, 2.24) is 15.0 Å². The van der Waals surface area contributed by atoms with Gasteiger partial charge in [-0.15, -0.1) is 0 Å². The smallest absolute Gasteiger partial charge is 0.226 e. The molecule has 1 spiro atoms. The fraction of sp³-hybridized carbons (Fsp3) is 0.625. The number of carbonyl (C=O) groups is 1. The van der Waals surface area contributed by atoms with E-state index in [0.29, 0.717) is 18.3 Å². The van der Waals surface area contributed by atoms with E-state index < -0.39 is 0 Å². The first-order valence-electron chi connectivity index (χ1n) is 11.5. The molecule has 1 aliphatic carbocycles. The Morgan fingerprint density at radius 1 is 1.26 bits per heavy atom. The molecule has 1 saturated carbocycles. The fourth-order valence-electron chi connectivity index (χ4n) is 4.99. The summed E-state index contributed by atoms with van der Waals surface area (Å²) in [6.07, 6.45) is 7.44. The Morgan fingerprint density at radius 3 is 2.87 bits per heavy atom. The van der Waals surface area contributed by atoms with Crippen LogP contribution in [0.2, 0.25) is 0 Å². The lowest BCUT2D eigenvalue weighted by Crippen LogP contribution is -2.51. The van der Waals surface area contributed by atoms with Gasteiger partial charge in [-0.3, -0.25) is 4.79 Å². The van der Waals surface area contributed by atoms with E-state index in [9.17, 15) is 4.79 Å². The van der Waals surface area contributed by atoms with Crippen molar-refractivity contribution in [2.75, 3.05) is 26.8 Å². The van der Waals surface area contributed by atoms with Crippen molar-refractivity contribution in [3.63, 3.8) is 0 Å². The summed E-state index contributed by atoms with van der Waals surface area (Å²) in [7, 11) is 1.65. The Balaban J connectivity index is 1.14. The van der Waals surface area contributed by atoms with Crippen LogP contribution in [0.25, 0.3) is 0 Å². The number of aromatic nitrogens is 2. The molecule has 1 aromatic carbocycles. The Hall–Kier alpha value is -2.41. The summed E-state index contributed by atoms with van der Waals surface area (Å²) >= 11 is 0. The second kappa shape index (κ2) is 8.61. The van der Waals surface area contributed by atoms with E-state index in [1.807, 2.05) is 29.2 Å². The van der Waals surface area contributed by atoms with Gasteiger partial charge in [0, 0.05) is 32.0 Å². The Morgan fingerprint density at radius 2 is 2.10 bits per heavy atom. The minimum absolute atomic E-state index is 0.116. The number of nitrogens with zero attached hydrogens (tertiary/aromatic N) is 3. The van der Waals surface area contributed by atoms with E-state index in [0.717, 1.165) is 74.8 Å². The summed E-state index contributed by atoms with van der Waals surface area (Å²) in [5, 5.41) is 4.15. The van der Waals surface area contributed by atoms with Crippen molar-refractivity contribution in [3.8, 4) is 5.75 Å². The number of hydrogen-bond acceptors (Lipinski definition) is 6. The van der Waals surface area contributed by atoms with Crippen LogP contribution in [-0.2, 0) is 22.4 Å². The average molecular weight is 426 g/mol. The van der Waals surface area contributed by atoms with Crippen molar-refractivity contribution in [2.45, 2.75) is 62.9 Å². The highest BCUT2D eigenvalue weighted by atomic mass is 16.5. The minimum atomic E-state index is -0.116. The van der Waals surface area contributed by atoms with Gasteiger partial charge in [-0.2, -0.15) is 4.98 Å². The summed E-state index contributed by atoms with van der Waals surface area (Å²) in [6, 6.07) is 7.74. The number of carbonyl (C=O) groups excluding carboxylic acids is 1. The topological polar surface area (TPSA) is 77.7 Å². The fourth-order valence-corrected chi connectivity index (χ4v) is 4.99. The zero-order valence-electron chi connectivity index (χ0n) is 18.2. The molecule has 1 amide bonds. The molecule has 7 heteroatoms. The van der Waals surface area contributed by atoms with Gasteiger partial charge < -0.3 is 18.9 Å². The van der Waals surface area contributed by atoms with Crippen molar-refractivity contribution >= 4 is 5.91 Å². The molecule has 0 radical (unpaired) electrons. The Kier molecular flexibility index (Phi) is 5.69. The lowest BCUT2D eigenvalue weighted by Gasteiger charge is -2.46. The number of likely N-dealkylation sites (tertiary alicyclic amines) is 1. The van der Waals surface area contributed by atoms with Crippen LogP contribution in [0.3, 0.4) is 0 Å². The van der Waals surface area contributed by atoms with Crippen LogP contribution in [0, 0.1) is 5.92 Å². The van der Waals surface area contributed by atoms with E-state index in [1.54, 1.807) is 7.11 Å². The van der Waals surface area contributed by atoms with Gasteiger partial charge in [-0.25, -0.2) is 0 Å². The lowest BCUT2D eigenvalue weighted by molar-refractivity contribution is -0.146. The summed E-state index contributed by atoms with van der Waals surface area (Å²) in [6.45, 7) is 2.27. The summed E-state index contributed by atoms with van der Waals surface area (Å²) < 4.78 is 17.1. The van der Waals surface area contributed by atoms with E-state index in [1.165, 1.54) is 12.8 Å². The van der Waals surface area contributed by atoms with Crippen molar-refractivity contribution in [2.24, 2.45) is 5.92 Å². The standard InChI is InChI=1S/C24H31N3O4/c1-29-20-4-2-3-17(13-20)15-22(28)27-10-8-24(9-11-27)16-18(7-12-30-24)14-21-25-23(26-31-21)19-5-6-19/h2-4,13,18-19H,5-12,14-16H2,1H3. The average Bonchev–Trinajstić information content (AvgIpc) is 3.53. The van der Waals surface area contributed by atoms with Crippen molar-refractivity contribution < 1.29 is 18.8 Å². The van der Waals surface area contributed by atoms with E-state index in [2.05, 4.69) is 10.1 Å². The van der Waals surface area contributed by atoms with Crippen LogP contribution in [-0.4, -0.2) is 53.4 Å². The summed E-state index contributed by atoms with van der Waals surface area (Å²) in [5.74, 6) is 3.65. The molecule has 1 atom stereocenters. The highest BCUT2D eigenvalue weighted by Crippen LogP contribution is 2.40. The molecule has 166 valence electrons. The maximum Gasteiger partial charge on any atom is 0.226 e. The van der Waals surface area contributed by atoms with Gasteiger partial charge >= 0.3 is 0 Å². The van der Waals surface area contributed by atoms with Gasteiger partial charge in [-0.05, 0) is 62.1 Å². The molecular weight excluding hydrogens is 394 g/mol. The number of rotatable bonds is 6. The molecule has 0 N–H and O–H groups in total. The third-order valence-electron chi connectivity index (χ3n) is 7.00. The summed E-state index contributed by atoms with van der Waals surface area (Å²) in [4.78, 5) is 19.4. The van der Waals surface area contributed by atoms with Gasteiger partial charge in [0.25, 0.3) is 0 Å². The number of amides is 1. The van der Waals surface area contributed by atoms with Crippen LogP contribution in [0.15, 0.2) is 28.8 Å². The van der Waals surface area contributed by atoms with Gasteiger partial charge in [0.15, 0.2) is 5.82 Å². The molecule has 3 aliphatic rings. The molecule has 0 bridgehead atoms. The molecule has 2 aliphatic heterocycles. The van der Waals surface area contributed by atoms with Gasteiger partial charge in [0.2, 0.25) is 11.8 Å². The number of piperidine rings is 1. The summed E-state index contributed by atoms with van der Waals surface area (Å²) in [5.41, 5.74) is 0.874. The molecule has 31 heavy (non-hydrogen) atoms. The maximum atomic E-state index is 12.8. The molecule has 1 unspecified atom stereocenters. The SMILES string of the molecule is COc1cccc(CC(=O)N2CCC3(CC2)CC(Cc2nc(C4CC4)no2)CCO3)c1. The zero-order chi connectivity index (χ0) is 21.3. The third-order valence-corrected chi connectivity index (χ3v) is 7.00. The van der Waals surface area contributed by atoms with Crippen LogP contribution in [0.4, 0.5) is 0 Å². The van der Waals surface area contributed by atoms with E-state index in [-0.39, 0.29) is 11.5 Å². The predicted octanol–water partition coefficient (Wildman–Crippen LogP) is 3.53. The second-order valence-electron chi connectivity index (χ2n) is 9.32.